The molecule has 96 valence electrons. The number of nitrogens with one attached hydrogen (secondary N) is 2. The molecule has 0 spiro atoms. The summed E-state index contributed by atoms with van der Waals surface area (Å²) < 4.78 is 0. The number of carbonyl (C=O) groups is 1. The van der Waals surface area contributed by atoms with Gasteiger partial charge in [0.1, 0.15) is 0 Å². The van der Waals surface area contributed by atoms with E-state index in [4.69, 9.17) is 0 Å². The van der Waals surface area contributed by atoms with Crippen molar-refractivity contribution in [3.63, 3.8) is 0 Å². The predicted molar refractivity (Wildman–Crippen MR) is 72.7 cm³/mol. The number of rotatable bonds is 2. The lowest BCUT2D eigenvalue weighted by atomic mass is 9.90. The van der Waals surface area contributed by atoms with E-state index in [1.165, 1.54) is 24.0 Å². The molecule has 1 heterocycles. The van der Waals surface area contributed by atoms with Gasteiger partial charge in [0.05, 0.1) is 6.04 Å². The Labute approximate surface area is 108 Å². The van der Waals surface area contributed by atoms with Crippen LogP contribution in [0.3, 0.4) is 0 Å². The lowest BCUT2D eigenvalue weighted by molar-refractivity contribution is -0.117. The molecule has 1 atom stereocenters. The molecule has 1 aliphatic heterocycles. The standard InChI is InChI=1S/C15H20N2O/c18-15(14-9-4-10-16-14)17-13-8-3-6-11-5-1-2-7-12(11)13/h3,6,8,14,16H,1-2,4-5,7,9-10H2,(H,17,18)/t14-/m0/s1. The van der Waals surface area contributed by atoms with Crippen molar-refractivity contribution in [2.75, 3.05) is 11.9 Å². The summed E-state index contributed by atoms with van der Waals surface area (Å²) in [6.45, 7) is 0.963. The number of benzene rings is 1. The Morgan fingerprint density at radius 3 is 2.94 bits per heavy atom. The van der Waals surface area contributed by atoms with Gasteiger partial charge < -0.3 is 10.6 Å². The number of aryl methyl sites for hydroxylation is 1. The van der Waals surface area contributed by atoms with Gasteiger partial charge in [-0.2, -0.15) is 0 Å². The van der Waals surface area contributed by atoms with E-state index in [-0.39, 0.29) is 11.9 Å². The Morgan fingerprint density at radius 1 is 1.22 bits per heavy atom. The minimum atomic E-state index is 0.00412. The number of amides is 1. The van der Waals surface area contributed by atoms with Gasteiger partial charge in [-0.1, -0.05) is 12.1 Å². The number of hydrogen-bond acceptors (Lipinski definition) is 2. The van der Waals surface area contributed by atoms with Crippen LogP contribution in [-0.4, -0.2) is 18.5 Å². The molecule has 2 aliphatic rings. The maximum atomic E-state index is 12.1. The molecule has 0 unspecified atom stereocenters. The van der Waals surface area contributed by atoms with Gasteiger partial charge in [-0.05, 0) is 62.3 Å². The second-order valence-electron chi connectivity index (χ2n) is 5.29. The molecule has 1 aromatic rings. The lowest BCUT2D eigenvalue weighted by Gasteiger charge is -2.20. The van der Waals surface area contributed by atoms with Gasteiger partial charge in [-0.25, -0.2) is 0 Å². The topological polar surface area (TPSA) is 41.1 Å². The third kappa shape index (κ3) is 2.27. The van der Waals surface area contributed by atoms with Gasteiger partial charge in [-0.3, -0.25) is 4.79 Å². The second-order valence-corrected chi connectivity index (χ2v) is 5.29. The first kappa shape index (κ1) is 11.7. The summed E-state index contributed by atoms with van der Waals surface area (Å²) in [5.41, 5.74) is 3.81. The second kappa shape index (κ2) is 5.11. The number of anilines is 1. The maximum Gasteiger partial charge on any atom is 0.241 e. The molecule has 1 aromatic carbocycles. The molecule has 3 nitrogen and oxygen atoms in total. The Hall–Kier alpha value is -1.35. The molecule has 1 saturated heterocycles. The predicted octanol–water partition coefficient (Wildman–Crippen LogP) is 2.26. The molecule has 0 bridgehead atoms. The van der Waals surface area contributed by atoms with Crippen molar-refractivity contribution in [1.82, 2.24) is 5.32 Å². The van der Waals surface area contributed by atoms with Gasteiger partial charge >= 0.3 is 0 Å². The minimum absolute atomic E-state index is 0.00412. The first-order valence-corrected chi connectivity index (χ1v) is 6.99. The highest BCUT2D eigenvalue weighted by molar-refractivity contribution is 5.95. The zero-order valence-corrected chi connectivity index (χ0v) is 10.7. The number of fused-ring (bicyclic) bond motifs is 1. The van der Waals surface area contributed by atoms with Crippen LogP contribution in [0.4, 0.5) is 5.69 Å². The minimum Gasteiger partial charge on any atom is -0.324 e. The van der Waals surface area contributed by atoms with Crippen LogP contribution in [-0.2, 0) is 17.6 Å². The molecule has 18 heavy (non-hydrogen) atoms. The smallest absolute Gasteiger partial charge is 0.241 e. The molecule has 0 aromatic heterocycles. The Morgan fingerprint density at radius 2 is 2.11 bits per heavy atom. The van der Waals surface area contributed by atoms with Crippen LogP contribution in [0.25, 0.3) is 0 Å². The Kier molecular flexibility index (Phi) is 3.33. The van der Waals surface area contributed by atoms with Crippen LogP contribution < -0.4 is 10.6 Å². The first-order valence-electron chi connectivity index (χ1n) is 6.99. The zero-order chi connectivity index (χ0) is 12.4. The third-order valence-corrected chi connectivity index (χ3v) is 4.03. The largest absolute Gasteiger partial charge is 0.324 e. The summed E-state index contributed by atoms with van der Waals surface area (Å²) in [6.07, 6.45) is 6.83. The van der Waals surface area contributed by atoms with Crippen molar-refractivity contribution < 1.29 is 4.79 Å². The van der Waals surface area contributed by atoms with E-state index in [2.05, 4.69) is 22.8 Å². The van der Waals surface area contributed by atoms with Crippen molar-refractivity contribution >= 4 is 11.6 Å². The SMILES string of the molecule is O=C(Nc1cccc2c1CCCC2)[C@@H]1CCCN1. The summed E-state index contributed by atoms with van der Waals surface area (Å²) in [7, 11) is 0. The fraction of sp³-hybridized carbons (Fsp3) is 0.533. The van der Waals surface area contributed by atoms with E-state index >= 15 is 0 Å². The monoisotopic (exact) mass is 244 g/mol. The van der Waals surface area contributed by atoms with Crippen molar-refractivity contribution in [2.45, 2.75) is 44.6 Å². The van der Waals surface area contributed by atoms with E-state index in [9.17, 15) is 4.79 Å². The van der Waals surface area contributed by atoms with Gasteiger partial charge in [0.2, 0.25) is 5.91 Å². The molecule has 3 rings (SSSR count). The van der Waals surface area contributed by atoms with Gasteiger partial charge in [0, 0.05) is 5.69 Å². The van der Waals surface area contributed by atoms with Crippen LogP contribution in [0.5, 0.6) is 0 Å². The quantitative estimate of drug-likeness (QED) is 0.838. The van der Waals surface area contributed by atoms with Crippen LogP contribution in [0, 0.1) is 0 Å². The molecule has 1 aliphatic carbocycles. The van der Waals surface area contributed by atoms with Crippen molar-refractivity contribution in [3.8, 4) is 0 Å². The normalized spacial score (nSPS) is 22.6. The molecule has 1 amide bonds. The third-order valence-electron chi connectivity index (χ3n) is 4.03. The highest BCUT2D eigenvalue weighted by Gasteiger charge is 2.23. The van der Waals surface area contributed by atoms with E-state index in [1.54, 1.807) is 0 Å². The summed E-state index contributed by atoms with van der Waals surface area (Å²) in [5, 5.41) is 6.36. The fourth-order valence-electron chi connectivity index (χ4n) is 3.03. The average molecular weight is 244 g/mol. The number of hydrogen-bond donors (Lipinski definition) is 2. The fourth-order valence-corrected chi connectivity index (χ4v) is 3.03. The van der Waals surface area contributed by atoms with Gasteiger partial charge in [-0.15, -0.1) is 0 Å². The van der Waals surface area contributed by atoms with E-state index in [0.29, 0.717) is 0 Å². The van der Waals surface area contributed by atoms with E-state index in [1.807, 2.05) is 6.07 Å². The summed E-state index contributed by atoms with van der Waals surface area (Å²) in [5.74, 6) is 0.131. The number of carbonyl (C=O) groups excluding carboxylic acids is 1. The Bertz CT molecular complexity index is 450. The van der Waals surface area contributed by atoms with Crippen molar-refractivity contribution in [3.05, 3.63) is 29.3 Å². The van der Waals surface area contributed by atoms with Gasteiger partial charge in [0.25, 0.3) is 0 Å². The molecule has 2 N–H and O–H groups in total. The maximum absolute atomic E-state index is 12.1. The van der Waals surface area contributed by atoms with Crippen LogP contribution in [0.2, 0.25) is 0 Å². The van der Waals surface area contributed by atoms with E-state index < -0.39 is 0 Å². The van der Waals surface area contributed by atoms with Crippen LogP contribution >= 0.6 is 0 Å². The lowest BCUT2D eigenvalue weighted by Crippen LogP contribution is -2.35. The van der Waals surface area contributed by atoms with Crippen molar-refractivity contribution in [2.24, 2.45) is 0 Å². The van der Waals surface area contributed by atoms with Crippen molar-refractivity contribution in [1.29, 1.82) is 0 Å². The molecule has 0 radical (unpaired) electrons. The molecular formula is C15H20N2O. The highest BCUT2D eigenvalue weighted by atomic mass is 16.2. The van der Waals surface area contributed by atoms with Gasteiger partial charge in [0.15, 0.2) is 0 Å². The highest BCUT2D eigenvalue weighted by Crippen LogP contribution is 2.28. The van der Waals surface area contributed by atoms with Crippen LogP contribution in [0.1, 0.15) is 36.8 Å². The Balaban J connectivity index is 1.77. The van der Waals surface area contributed by atoms with Crippen LogP contribution in [0.15, 0.2) is 18.2 Å². The zero-order valence-electron chi connectivity index (χ0n) is 10.7. The first-order chi connectivity index (χ1) is 8.84. The summed E-state index contributed by atoms with van der Waals surface area (Å²) >= 11 is 0. The summed E-state index contributed by atoms with van der Waals surface area (Å²) in [4.78, 5) is 12.1. The molecular weight excluding hydrogens is 224 g/mol. The molecule has 3 heteroatoms. The van der Waals surface area contributed by atoms with E-state index in [0.717, 1.165) is 37.9 Å². The molecule has 0 saturated carbocycles. The molecule has 1 fully saturated rings. The summed E-state index contributed by atoms with van der Waals surface area (Å²) in [6, 6.07) is 6.29. The average Bonchev–Trinajstić information content (AvgIpc) is 2.93.